The van der Waals surface area contributed by atoms with E-state index in [0.29, 0.717) is 12.0 Å². The minimum absolute atomic E-state index is 0.0275. The third-order valence-electron chi connectivity index (χ3n) is 4.10. The van der Waals surface area contributed by atoms with Crippen LogP contribution in [-0.2, 0) is 6.54 Å². The normalized spacial score (nSPS) is 19.3. The van der Waals surface area contributed by atoms with Crippen LogP contribution in [0, 0.1) is 0 Å². The van der Waals surface area contributed by atoms with Gasteiger partial charge in [-0.1, -0.05) is 13.8 Å². The summed E-state index contributed by atoms with van der Waals surface area (Å²) in [6, 6.07) is 4.09. The van der Waals surface area contributed by atoms with Crippen LogP contribution in [0.1, 0.15) is 57.0 Å². The van der Waals surface area contributed by atoms with Crippen LogP contribution in [0.15, 0.2) is 16.9 Å². The van der Waals surface area contributed by atoms with Crippen molar-refractivity contribution in [2.24, 2.45) is 0 Å². The van der Waals surface area contributed by atoms with Crippen LogP contribution in [0.3, 0.4) is 0 Å². The van der Waals surface area contributed by atoms with Gasteiger partial charge in [0.2, 0.25) is 0 Å². The van der Waals surface area contributed by atoms with Gasteiger partial charge < -0.3 is 9.88 Å². The van der Waals surface area contributed by atoms with Gasteiger partial charge in [0.15, 0.2) is 0 Å². The van der Waals surface area contributed by atoms with Crippen LogP contribution >= 0.6 is 0 Å². The monoisotopic (exact) mass is 274 g/mol. The summed E-state index contributed by atoms with van der Waals surface area (Å²) in [6.07, 6.45) is 2.27. The maximum Gasteiger partial charge on any atom is 0.274 e. The van der Waals surface area contributed by atoms with Gasteiger partial charge >= 0.3 is 0 Å². The highest BCUT2D eigenvalue weighted by molar-refractivity contribution is 5.43. The highest BCUT2D eigenvalue weighted by Crippen LogP contribution is 2.24. The highest BCUT2D eigenvalue weighted by Gasteiger charge is 2.22. The molecule has 3 rings (SSSR count). The number of nitrogens with one attached hydrogen (secondary N) is 1. The number of fused-ring (bicyclic) bond motifs is 1. The fourth-order valence-corrected chi connectivity index (χ4v) is 2.99. The molecule has 0 aromatic carbocycles. The molecule has 1 atom stereocenters. The van der Waals surface area contributed by atoms with Gasteiger partial charge in [0, 0.05) is 30.4 Å². The molecule has 1 aliphatic heterocycles. The first kappa shape index (κ1) is 13.4. The zero-order valence-corrected chi connectivity index (χ0v) is 12.4. The van der Waals surface area contributed by atoms with Crippen LogP contribution in [-0.4, -0.2) is 20.7 Å². The fourth-order valence-electron chi connectivity index (χ4n) is 2.99. The number of nitrogens with zero attached hydrogens (tertiary/aromatic N) is 3. The maximum absolute atomic E-state index is 12.3. The lowest BCUT2D eigenvalue weighted by atomic mass is 10.1. The summed E-state index contributed by atoms with van der Waals surface area (Å²) in [5, 5.41) is 7.93. The Morgan fingerprint density at radius 3 is 2.85 bits per heavy atom. The smallest absolute Gasteiger partial charge is 0.274 e. The quantitative estimate of drug-likeness (QED) is 0.932. The molecular weight excluding hydrogens is 252 g/mol. The van der Waals surface area contributed by atoms with Crippen LogP contribution in [0.4, 0.5) is 0 Å². The summed E-state index contributed by atoms with van der Waals surface area (Å²) in [7, 11) is 0. The molecule has 2 aromatic rings. The Kier molecular flexibility index (Phi) is 3.38. The van der Waals surface area contributed by atoms with Crippen LogP contribution in [0.5, 0.6) is 0 Å². The van der Waals surface area contributed by atoms with E-state index in [4.69, 9.17) is 0 Å². The molecule has 108 valence electrons. The van der Waals surface area contributed by atoms with E-state index in [-0.39, 0.29) is 5.56 Å². The molecule has 5 nitrogen and oxygen atoms in total. The Balaban J connectivity index is 2.23. The standard InChI is InChI=1S/C15H22N4O/c1-4-18-13(11-6-5-7-16-11)9-15(20)19-14(18)8-12(17-19)10(2)3/h8-11,16H,4-7H2,1-3H3. The molecule has 2 aromatic heterocycles. The zero-order valence-electron chi connectivity index (χ0n) is 12.4. The van der Waals surface area contributed by atoms with E-state index in [9.17, 15) is 4.79 Å². The Bertz CT molecular complexity index is 677. The molecular formula is C15H22N4O. The third kappa shape index (κ3) is 2.06. The summed E-state index contributed by atoms with van der Waals surface area (Å²) in [4.78, 5) is 12.3. The van der Waals surface area contributed by atoms with Crippen molar-refractivity contribution >= 4 is 5.65 Å². The van der Waals surface area contributed by atoms with Crippen molar-refractivity contribution in [3.05, 3.63) is 33.9 Å². The molecule has 0 spiro atoms. The summed E-state index contributed by atoms with van der Waals surface area (Å²) in [5.41, 5.74) is 2.95. The van der Waals surface area contributed by atoms with E-state index in [2.05, 4.69) is 35.8 Å². The van der Waals surface area contributed by atoms with Crippen molar-refractivity contribution in [2.45, 2.75) is 52.1 Å². The van der Waals surface area contributed by atoms with Gasteiger partial charge in [0.1, 0.15) is 5.65 Å². The van der Waals surface area contributed by atoms with Gasteiger partial charge in [-0.25, -0.2) is 0 Å². The summed E-state index contributed by atoms with van der Waals surface area (Å²) in [6.45, 7) is 8.19. The first-order chi connectivity index (χ1) is 9.61. The molecule has 5 heteroatoms. The molecule has 1 fully saturated rings. The minimum atomic E-state index is -0.0275. The second kappa shape index (κ2) is 5.05. The summed E-state index contributed by atoms with van der Waals surface area (Å²) >= 11 is 0. The molecule has 0 aliphatic carbocycles. The van der Waals surface area contributed by atoms with Crippen LogP contribution < -0.4 is 10.9 Å². The van der Waals surface area contributed by atoms with E-state index >= 15 is 0 Å². The van der Waals surface area contributed by atoms with E-state index in [1.54, 1.807) is 6.07 Å². The average molecular weight is 274 g/mol. The largest absolute Gasteiger partial charge is 0.328 e. The van der Waals surface area contributed by atoms with Crippen molar-refractivity contribution in [1.29, 1.82) is 0 Å². The Labute approximate surface area is 118 Å². The van der Waals surface area contributed by atoms with E-state index in [0.717, 1.165) is 36.5 Å². The molecule has 0 amide bonds. The molecule has 0 bridgehead atoms. The Hall–Kier alpha value is -1.62. The van der Waals surface area contributed by atoms with E-state index < -0.39 is 0 Å². The lowest BCUT2D eigenvalue weighted by Crippen LogP contribution is -2.25. The number of hydrogen-bond donors (Lipinski definition) is 1. The number of rotatable bonds is 3. The van der Waals surface area contributed by atoms with Crippen molar-refractivity contribution < 1.29 is 0 Å². The predicted octanol–water partition coefficient (Wildman–Crippen LogP) is 2.06. The van der Waals surface area contributed by atoms with Gasteiger partial charge in [-0.15, -0.1) is 0 Å². The van der Waals surface area contributed by atoms with Crippen molar-refractivity contribution in [2.75, 3.05) is 6.54 Å². The molecule has 1 aliphatic rings. The summed E-state index contributed by atoms with van der Waals surface area (Å²) < 4.78 is 3.75. The van der Waals surface area contributed by atoms with Crippen LogP contribution in [0.25, 0.3) is 5.65 Å². The average Bonchev–Trinajstić information content (AvgIpc) is 3.08. The topological polar surface area (TPSA) is 51.3 Å². The highest BCUT2D eigenvalue weighted by atomic mass is 16.1. The molecule has 0 radical (unpaired) electrons. The van der Waals surface area contributed by atoms with Gasteiger partial charge in [-0.05, 0) is 32.2 Å². The van der Waals surface area contributed by atoms with Gasteiger partial charge in [0.25, 0.3) is 5.56 Å². The first-order valence-corrected chi connectivity index (χ1v) is 7.48. The molecule has 1 unspecified atom stereocenters. The molecule has 1 saturated heterocycles. The zero-order chi connectivity index (χ0) is 14.3. The molecule has 20 heavy (non-hydrogen) atoms. The molecule has 3 heterocycles. The van der Waals surface area contributed by atoms with Crippen LogP contribution in [0.2, 0.25) is 0 Å². The van der Waals surface area contributed by atoms with Crippen molar-refractivity contribution in [1.82, 2.24) is 19.5 Å². The lowest BCUT2D eigenvalue weighted by molar-refractivity contribution is 0.567. The van der Waals surface area contributed by atoms with Gasteiger partial charge in [-0.3, -0.25) is 4.79 Å². The number of aromatic nitrogens is 3. The maximum atomic E-state index is 12.3. The SMILES string of the molecule is CCn1c(C2CCCN2)cc(=O)n2nc(C(C)C)cc12. The summed E-state index contributed by atoms with van der Waals surface area (Å²) in [5.74, 6) is 0.327. The predicted molar refractivity (Wildman–Crippen MR) is 79.2 cm³/mol. The van der Waals surface area contributed by atoms with Crippen molar-refractivity contribution in [3.63, 3.8) is 0 Å². The lowest BCUT2D eigenvalue weighted by Gasteiger charge is -2.18. The second-order valence-corrected chi connectivity index (χ2v) is 5.79. The second-order valence-electron chi connectivity index (χ2n) is 5.79. The van der Waals surface area contributed by atoms with Crippen molar-refractivity contribution in [3.8, 4) is 0 Å². The number of aryl methyl sites for hydroxylation is 1. The first-order valence-electron chi connectivity index (χ1n) is 7.48. The fraction of sp³-hybridized carbons (Fsp3) is 0.600. The number of hydrogen-bond acceptors (Lipinski definition) is 3. The van der Waals surface area contributed by atoms with E-state index in [1.807, 2.05) is 6.07 Å². The van der Waals surface area contributed by atoms with Gasteiger partial charge in [0.05, 0.1) is 5.69 Å². The van der Waals surface area contributed by atoms with E-state index in [1.165, 1.54) is 10.9 Å². The minimum Gasteiger partial charge on any atom is -0.328 e. The Morgan fingerprint density at radius 1 is 1.45 bits per heavy atom. The Morgan fingerprint density at radius 2 is 2.25 bits per heavy atom. The molecule has 1 N–H and O–H groups in total. The molecule has 0 saturated carbocycles. The third-order valence-corrected chi connectivity index (χ3v) is 4.10. The van der Waals surface area contributed by atoms with Gasteiger partial charge in [-0.2, -0.15) is 9.61 Å².